The van der Waals surface area contributed by atoms with Crippen LogP contribution >= 0.6 is 11.6 Å². The average Bonchev–Trinajstić information content (AvgIpc) is 2.75. The van der Waals surface area contributed by atoms with Gasteiger partial charge in [0.25, 0.3) is 0 Å². The Kier molecular flexibility index (Phi) is 5.51. The summed E-state index contributed by atoms with van der Waals surface area (Å²) in [7, 11) is 0. The fourth-order valence-corrected chi connectivity index (χ4v) is 2.24. The number of ether oxygens (including phenoxy) is 1. The molecular weight excluding hydrogens is 278 g/mol. The molecule has 20 heavy (non-hydrogen) atoms. The van der Waals surface area contributed by atoms with E-state index in [-0.39, 0.29) is 27.7 Å². The third-order valence-electron chi connectivity index (χ3n) is 3.51. The van der Waals surface area contributed by atoms with Crippen LogP contribution in [0.1, 0.15) is 26.7 Å². The first kappa shape index (κ1) is 16.4. The number of halogens is 1. The van der Waals surface area contributed by atoms with E-state index in [9.17, 15) is 4.79 Å². The van der Waals surface area contributed by atoms with Gasteiger partial charge in [-0.25, -0.2) is 0 Å². The smallest absolute Gasteiger partial charge is 0.163 e. The van der Waals surface area contributed by atoms with Crippen LogP contribution in [0, 0.1) is 5.41 Å². The lowest BCUT2D eigenvalue weighted by atomic mass is 9.84. The van der Waals surface area contributed by atoms with Crippen molar-refractivity contribution in [2.24, 2.45) is 16.9 Å². The van der Waals surface area contributed by atoms with E-state index in [1.54, 1.807) is 0 Å². The lowest BCUT2D eigenvalue weighted by molar-refractivity contribution is -0.113. The van der Waals surface area contributed by atoms with Crippen molar-refractivity contribution in [3.05, 3.63) is 35.0 Å². The van der Waals surface area contributed by atoms with Crippen molar-refractivity contribution in [2.75, 3.05) is 13.2 Å². The molecule has 0 aliphatic carbocycles. The standard InChI is InChI=1S/C14H22ClN3O2/c1-4-14(6-9(2)20-8-14)7-18-13(17)11(10(3)19)5-12(15)16/h5,18H,2,4,6-8,16-17H2,1,3H3/b12-5-,13-11-. The van der Waals surface area contributed by atoms with Crippen LogP contribution in [0.15, 0.2) is 35.0 Å². The Morgan fingerprint density at radius 3 is 2.65 bits per heavy atom. The van der Waals surface area contributed by atoms with E-state index in [4.69, 9.17) is 27.8 Å². The number of Topliss-reactive ketones (excluding diaryl/α,β-unsaturated/α-hetero) is 1. The van der Waals surface area contributed by atoms with Crippen molar-refractivity contribution in [2.45, 2.75) is 26.7 Å². The molecule has 5 N–H and O–H groups in total. The first-order chi connectivity index (χ1) is 9.29. The maximum Gasteiger partial charge on any atom is 0.163 e. The van der Waals surface area contributed by atoms with E-state index in [0.29, 0.717) is 13.2 Å². The number of carbonyl (C=O) groups is 1. The van der Waals surface area contributed by atoms with Crippen molar-refractivity contribution in [3.63, 3.8) is 0 Å². The molecule has 0 amide bonds. The summed E-state index contributed by atoms with van der Waals surface area (Å²) in [6, 6.07) is 0. The highest BCUT2D eigenvalue weighted by Gasteiger charge is 2.35. The van der Waals surface area contributed by atoms with Crippen LogP contribution in [0.25, 0.3) is 0 Å². The highest BCUT2D eigenvalue weighted by Crippen LogP contribution is 2.36. The van der Waals surface area contributed by atoms with Crippen LogP contribution in [0.2, 0.25) is 0 Å². The lowest BCUT2D eigenvalue weighted by Crippen LogP contribution is -2.37. The third kappa shape index (κ3) is 4.20. The van der Waals surface area contributed by atoms with Gasteiger partial charge in [-0.1, -0.05) is 25.1 Å². The number of carbonyl (C=O) groups excluding carboxylic acids is 1. The quantitative estimate of drug-likeness (QED) is 0.394. The molecule has 1 fully saturated rings. The van der Waals surface area contributed by atoms with Crippen molar-refractivity contribution in [3.8, 4) is 0 Å². The Balaban J connectivity index is 2.83. The molecule has 1 atom stereocenters. The van der Waals surface area contributed by atoms with Crippen LogP contribution in [0.5, 0.6) is 0 Å². The lowest BCUT2D eigenvalue weighted by Gasteiger charge is -2.26. The van der Waals surface area contributed by atoms with Crippen LogP contribution in [-0.4, -0.2) is 18.9 Å². The van der Waals surface area contributed by atoms with E-state index in [0.717, 1.165) is 18.6 Å². The largest absolute Gasteiger partial charge is 0.498 e. The van der Waals surface area contributed by atoms with Gasteiger partial charge in [0.1, 0.15) is 5.82 Å². The molecule has 0 spiro atoms. The third-order valence-corrected chi connectivity index (χ3v) is 3.62. The number of nitrogens with two attached hydrogens (primary N) is 2. The summed E-state index contributed by atoms with van der Waals surface area (Å²) < 4.78 is 5.45. The van der Waals surface area contributed by atoms with Gasteiger partial charge in [-0.15, -0.1) is 0 Å². The summed E-state index contributed by atoms with van der Waals surface area (Å²) in [6.45, 7) is 8.54. The number of nitrogens with one attached hydrogen (secondary N) is 1. The molecule has 1 unspecified atom stereocenters. The summed E-state index contributed by atoms with van der Waals surface area (Å²) >= 11 is 5.60. The zero-order chi connectivity index (χ0) is 15.3. The molecule has 112 valence electrons. The first-order valence-corrected chi connectivity index (χ1v) is 6.85. The molecule has 1 saturated heterocycles. The van der Waals surface area contributed by atoms with Gasteiger partial charge in [0.2, 0.25) is 0 Å². The summed E-state index contributed by atoms with van der Waals surface area (Å²) in [4.78, 5) is 11.5. The SMILES string of the molecule is C=C1CC(CC)(CN/C(N)=C(/C=C(\N)Cl)C(C)=O)CO1. The molecule has 0 aromatic rings. The van der Waals surface area contributed by atoms with Gasteiger partial charge in [-0.05, 0) is 19.4 Å². The molecule has 1 rings (SSSR count). The van der Waals surface area contributed by atoms with Gasteiger partial charge < -0.3 is 21.5 Å². The second-order valence-electron chi connectivity index (χ2n) is 5.12. The zero-order valence-corrected chi connectivity index (χ0v) is 12.7. The summed E-state index contributed by atoms with van der Waals surface area (Å²) in [5, 5.41) is 3.10. The number of ketones is 1. The maximum absolute atomic E-state index is 11.5. The zero-order valence-electron chi connectivity index (χ0n) is 12.0. The van der Waals surface area contributed by atoms with Crippen molar-refractivity contribution < 1.29 is 9.53 Å². The average molecular weight is 300 g/mol. The predicted octanol–water partition coefficient (Wildman–Crippen LogP) is 1.70. The molecule has 1 aliphatic rings. The van der Waals surface area contributed by atoms with Crippen LogP contribution in [-0.2, 0) is 9.53 Å². The Bertz CT molecular complexity index is 467. The van der Waals surface area contributed by atoms with E-state index >= 15 is 0 Å². The topological polar surface area (TPSA) is 90.4 Å². The normalized spacial score (nSPS) is 24.1. The highest BCUT2D eigenvalue weighted by molar-refractivity contribution is 6.29. The van der Waals surface area contributed by atoms with Gasteiger partial charge in [0.05, 0.1) is 23.1 Å². The molecule has 0 saturated carbocycles. The first-order valence-electron chi connectivity index (χ1n) is 6.47. The number of allylic oxidation sites excluding steroid dienone is 3. The van der Waals surface area contributed by atoms with Gasteiger partial charge >= 0.3 is 0 Å². The fraction of sp³-hybridized carbons (Fsp3) is 0.500. The van der Waals surface area contributed by atoms with Crippen molar-refractivity contribution in [1.29, 1.82) is 0 Å². The minimum absolute atomic E-state index is 0.0164. The minimum atomic E-state index is -0.198. The number of rotatable bonds is 6. The van der Waals surface area contributed by atoms with Gasteiger partial charge in [-0.2, -0.15) is 0 Å². The summed E-state index contributed by atoms with van der Waals surface area (Å²) in [6.07, 6.45) is 3.07. The summed E-state index contributed by atoms with van der Waals surface area (Å²) in [5.74, 6) is 0.857. The molecule has 0 radical (unpaired) electrons. The Labute approximate surface area is 124 Å². The van der Waals surface area contributed by atoms with E-state index < -0.39 is 0 Å². The minimum Gasteiger partial charge on any atom is -0.498 e. The Morgan fingerprint density at radius 1 is 1.60 bits per heavy atom. The number of hydrogen-bond acceptors (Lipinski definition) is 5. The second kappa shape index (κ2) is 6.70. The van der Waals surface area contributed by atoms with Crippen molar-refractivity contribution in [1.82, 2.24) is 5.32 Å². The highest BCUT2D eigenvalue weighted by atomic mass is 35.5. The van der Waals surface area contributed by atoms with Gasteiger partial charge in [0, 0.05) is 18.4 Å². The molecule has 0 aromatic carbocycles. The van der Waals surface area contributed by atoms with Gasteiger partial charge in [0.15, 0.2) is 5.78 Å². The van der Waals surface area contributed by atoms with E-state index in [2.05, 4.69) is 18.8 Å². The molecule has 0 bridgehead atoms. The number of hydrogen-bond donors (Lipinski definition) is 3. The van der Waals surface area contributed by atoms with Crippen molar-refractivity contribution >= 4 is 17.4 Å². The molecule has 6 heteroatoms. The maximum atomic E-state index is 11.5. The van der Waals surface area contributed by atoms with E-state index in [1.807, 2.05) is 0 Å². The molecule has 0 aromatic heterocycles. The predicted molar refractivity (Wildman–Crippen MR) is 80.5 cm³/mol. The monoisotopic (exact) mass is 299 g/mol. The molecule has 1 heterocycles. The molecular formula is C14H22ClN3O2. The second-order valence-corrected chi connectivity index (χ2v) is 5.56. The van der Waals surface area contributed by atoms with Crippen LogP contribution in [0.4, 0.5) is 0 Å². The molecule has 5 nitrogen and oxygen atoms in total. The Morgan fingerprint density at radius 2 is 2.25 bits per heavy atom. The van der Waals surface area contributed by atoms with Gasteiger partial charge in [-0.3, -0.25) is 4.79 Å². The summed E-state index contributed by atoms with van der Waals surface area (Å²) in [5.41, 5.74) is 11.5. The van der Waals surface area contributed by atoms with E-state index in [1.165, 1.54) is 13.0 Å². The van der Waals surface area contributed by atoms with Crippen LogP contribution < -0.4 is 16.8 Å². The van der Waals surface area contributed by atoms with Crippen LogP contribution in [0.3, 0.4) is 0 Å². The Hall–Kier alpha value is -1.62. The fourth-order valence-electron chi connectivity index (χ4n) is 2.13. The molecule has 1 aliphatic heterocycles.